The highest BCUT2D eigenvalue weighted by molar-refractivity contribution is 7.14. The van der Waals surface area contributed by atoms with Crippen molar-refractivity contribution in [1.82, 2.24) is 5.32 Å². The first kappa shape index (κ1) is 17.7. The first-order valence-electron chi connectivity index (χ1n) is 7.20. The third-order valence-corrected chi connectivity index (χ3v) is 3.98. The molecule has 0 aliphatic heterocycles. The summed E-state index contributed by atoms with van der Waals surface area (Å²) in [5.74, 6) is 3.84. The molecule has 0 spiro atoms. The van der Waals surface area contributed by atoms with Crippen molar-refractivity contribution in [2.45, 2.75) is 25.5 Å². The van der Waals surface area contributed by atoms with Crippen LogP contribution in [0.3, 0.4) is 0 Å². The van der Waals surface area contributed by atoms with E-state index < -0.39 is 23.5 Å². The van der Waals surface area contributed by atoms with Crippen molar-refractivity contribution in [1.29, 1.82) is 0 Å². The molecule has 1 aromatic carbocycles. The van der Waals surface area contributed by atoms with Gasteiger partial charge in [-0.25, -0.2) is 4.79 Å². The van der Waals surface area contributed by atoms with Gasteiger partial charge in [0, 0.05) is 0 Å². The predicted octanol–water partition coefficient (Wildman–Crippen LogP) is 2.43. The van der Waals surface area contributed by atoms with Gasteiger partial charge in [0.25, 0.3) is 5.91 Å². The Bertz CT molecular complexity index is 794. The lowest BCUT2D eigenvalue weighted by atomic mass is 10.1. The molecule has 0 fully saturated rings. The van der Waals surface area contributed by atoms with Gasteiger partial charge in [-0.2, -0.15) is 0 Å². The van der Waals surface area contributed by atoms with Crippen LogP contribution in [-0.4, -0.2) is 27.7 Å². The number of hydrogen-bond acceptors (Lipinski definition) is 4. The minimum Gasteiger partial charge on any atom is -0.479 e. The van der Waals surface area contributed by atoms with E-state index in [4.69, 9.17) is 0 Å². The van der Waals surface area contributed by atoms with Crippen LogP contribution >= 0.6 is 11.3 Å². The number of amides is 1. The Morgan fingerprint density at radius 2 is 1.83 bits per heavy atom. The minimum atomic E-state index is -1.13. The molecular weight excluding hydrogens is 326 g/mol. The fourth-order valence-electron chi connectivity index (χ4n) is 1.88. The molecule has 0 radical (unpaired) electrons. The maximum atomic E-state index is 12.3. The second kappa shape index (κ2) is 7.30. The molecule has 1 amide bonds. The molecular formula is C18H17NO4S. The lowest BCUT2D eigenvalue weighted by molar-refractivity contribution is -0.139. The standard InChI is InChI=1S/C18H17NO4S/c1-18(2,23)11-10-13-8-9-14(24-13)16(20)19-15(17(21)22)12-6-4-3-5-7-12/h3-9,15,23H,1-2H3,(H,19,20)(H,21,22)/t15-/m0/s1. The summed E-state index contributed by atoms with van der Waals surface area (Å²) in [4.78, 5) is 24.7. The summed E-state index contributed by atoms with van der Waals surface area (Å²) in [5, 5.41) is 21.4. The average molecular weight is 343 g/mol. The van der Waals surface area contributed by atoms with Crippen LogP contribution in [0.2, 0.25) is 0 Å². The van der Waals surface area contributed by atoms with Crippen LogP contribution < -0.4 is 5.32 Å². The lowest BCUT2D eigenvalue weighted by Crippen LogP contribution is -2.33. The molecule has 1 atom stereocenters. The molecule has 0 saturated heterocycles. The summed E-state index contributed by atoms with van der Waals surface area (Å²) in [6.45, 7) is 3.14. The highest BCUT2D eigenvalue weighted by atomic mass is 32.1. The molecule has 6 heteroatoms. The van der Waals surface area contributed by atoms with E-state index in [-0.39, 0.29) is 0 Å². The number of thiophene rings is 1. The zero-order valence-electron chi connectivity index (χ0n) is 13.2. The maximum Gasteiger partial charge on any atom is 0.330 e. The van der Waals surface area contributed by atoms with Crippen LogP contribution in [0.5, 0.6) is 0 Å². The average Bonchev–Trinajstić information content (AvgIpc) is 2.99. The molecule has 3 N–H and O–H groups in total. The number of hydrogen-bond donors (Lipinski definition) is 3. The number of carboxylic acid groups (broad SMARTS) is 1. The monoisotopic (exact) mass is 343 g/mol. The summed E-state index contributed by atoms with van der Waals surface area (Å²) in [7, 11) is 0. The van der Waals surface area contributed by atoms with E-state index >= 15 is 0 Å². The summed E-state index contributed by atoms with van der Waals surface area (Å²) in [5.41, 5.74) is -0.620. The fraction of sp³-hybridized carbons (Fsp3) is 0.222. The van der Waals surface area contributed by atoms with Gasteiger partial charge in [0.1, 0.15) is 5.60 Å². The van der Waals surface area contributed by atoms with Crippen LogP contribution in [-0.2, 0) is 4.79 Å². The fourth-order valence-corrected chi connectivity index (χ4v) is 2.64. The van der Waals surface area contributed by atoms with E-state index in [1.54, 1.807) is 56.3 Å². The normalized spacial score (nSPS) is 12.0. The number of carboxylic acids is 1. The summed E-state index contributed by atoms with van der Waals surface area (Å²) >= 11 is 1.14. The Kier molecular flexibility index (Phi) is 5.39. The first-order valence-corrected chi connectivity index (χ1v) is 8.02. The molecule has 124 valence electrons. The van der Waals surface area contributed by atoms with E-state index in [0.717, 1.165) is 11.3 Å². The minimum absolute atomic E-state index is 0.359. The van der Waals surface area contributed by atoms with Gasteiger partial charge in [-0.05, 0) is 31.5 Å². The molecule has 2 aromatic rings. The number of aliphatic carboxylic acids is 1. The molecule has 5 nitrogen and oxygen atoms in total. The molecule has 2 rings (SSSR count). The maximum absolute atomic E-state index is 12.3. The number of aliphatic hydroxyl groups is 1. The van der Waals surface area contributed by atoms with E-state index in [9.17, 15) is 19.8 Å². The quantitative estimate of drug-likeness (QED) is 0.744. The second-order valence-electron chi connectivity index (χ2n) is 5.63. The van der Waals surface area contributed by atoms with Gasteiger partial charge in [-0.3, -0.25) is 4.79 Å². The predicted molar refractivity (Wildman–Crippen MR) is 91.8 cm³/mol. The zero-order valence-corrected chi connectivity index (χ0v) is 14.1. The lowest BCUT2D eigenvalue weighted by Gasteiger charge is -2.14. The third-order valence-electron chi connectivity index (χ3n) is 2.98. The number of carbonyl (C=O) groups excluding carboxylic acids is 1. The van der Waals surface area contributed by atoms with Gasteiger partial charge in [0.2, 0.25) is 0 Å². The Morgan fingerprint density at radius 3 is 2.42 bits per heavy atom. The third kappa shape index (κ3) is 4.95. The molecule has 0 saturated carbocycles. The topological polar surface area (TPSA) is 86.6 Å². The number of benzene rings is 1. The second-order valence-corrected chi connectivity index (χ2v) is 6.71. The van der Waals surface area contributed by atoms with Crippen molar-refractivity contribution in [2.24, 2.45) is 0 Å². The van der Waals surface area contributed by atoms with E-state index in [0.29, 0.717) is 15.3 Å². The van der Waals surface area contributed by atoms with Crippen molar-refractivity contribution < 1.29 is 19.8 Å². The molecule has 1 heterocycles. The molecule has 0 aliphatic rings. The van der Waals surface area contributed by atoms with Crippen LogP contribution in [0.25, 0.3) is 0 Å². The van der Waals surface area contributed by atoms with Crippen LogP contribution in [0.1, 0.15) is 40.0 Å². The number of nitrogens with one attached hydrogen (secondary N) is 1. The first-order chi connectivity index (χ1) is 11.3. The van der Waals surface area contributed by atoms with Gasteiger partial charge in [0.05, 0.1) is 9.75 Å². The van der Waals surface area contributed by atoms with Gasteiger partial charge in [-0.1, -0.05) is 42.2 Å². The van der Waals surface area contributed by atoms with Gasteiger partial charge >= 0.3 is 5.97 Å². The van der Waals surface area contributed by atoms with Crippen molar-refractivity contribution in [3.05, 3.63) is 57.8 Å². The molecule has 0 aliphatic carbocycles. The molecule has 24 heavy (non-hydrogen) atoms. The Labute approximate surface area is 144 Å². The van der Waals surface area contributed by atoms with Crippen molar-refractivity contribution in [3.8, 4) is 11.8 Å². The van der Waals surface area contributed by atoms with Crippen LogP contribution in [0.4, 0.5) is 0 Å². The van der Waals surface area contributed by atoms with Gasteiger partial charge in [0.15, 0.2) is 6.04 Å². The Hall–Kier alpha value is -2.62. The van der Waals surface area contributed by atoms with Crippen LogP contribution in [0.15, 0.2) is 42.5 Å². The van der Waals surface area contributed by atoms with Crippen LogP contribution in [0, 0.1) is 11.8 Å². The van der Waals surface area contributed by atoms with Gasteiger partial charge < -0.3 is 15.5 Å². The SMILES string of the molecule is CC(C)(O)C#Cc1ccc(C(=O)N[C@H](C(=O)O)c2ccccc2)s1. The van der Waals surface area contributed by atoms with Crippen molar-refractivity contribution in [2.75, 3.05) is 0 Å². The Balaban J connectivity index is 2.15. The van der Waals surface area contributed by atoms with Crippen molar-refractivity contribution in [3.63, 3.8) is 0 Å². The number of rotatable bonds is 4. The zero-order chi connectivity index (χ0) is 17.7. The summed E-state index contributed by atoms with van der Waals surface area (Å²) in [6.07, 6.45) is 0. The summed E-state index contributed by atoms with van der Waals surface area (Å²) in [6, 6.07) is 10.6. The number of carbonyl (C=O) groups is 2. The van der Waals surface area contributed by atoms with Crippen molar-refractivity contribution >= 4 is 23.2 Å². The van der Waals surface area contributed by atoms with E-state index in [2.05, 4.69) is 17.2 Å². The largest absolute Gasteiger partial charge is 0.479 e. The van der Waals surface area contributed by atoms with Gasteiger partial charge in [-0.15, -0.1) is 11.3 Å². The Morgan fingerprint density at radius 1 is 1.17 bits per heavy atom. The highest BCUT2D eigenvalue weighted by Gasteiger charge is 2.23. The summed E-state index contributed by atoms with van der Waals surface area (Å²) < 4.78 is 0. The molecule has 0 bridgehead atoms. The molecule has 0 unspecified atom stereocenters. The smallest absolute Gasteiger partial charge is 0.330 e. The molecule has 1 aromatic heterocycles. The highest BCUT2D eigenvalue weighted by Crippen LogP contribution is 2.19. The van der Waals surface area contributed by atoms with E-state index in [1.165, 1.54) is 0 Å². The van der Waals surface area contributed by atoms with E-state index in [1.807, 2.05) is 0 Å².